The molecule has 13 heavy (non-hydrogen) atoms. The summed E-state index contributed by atoms with van der Waals surface area (Å²) in [6.45, 7) is -0.0523. The lowest BCUT2D eigenvalue weighted by atomic mass is 10.0. The summed E-state index contributed by atoms with van der Waals surface area (Å²) in [4.78, 5) is 0. The minimum Gasteiger partial charge on any atom is -0.396 e. The second-order valence-corrected chi connectivity index (χ2v) is 3.22. The van der Waals surface area contributed by atoms with Crippen LogP contribution in [-0.4, -0.2) is 11.7 Å². The Morgan fingerprint density at radius 1 is 1.54 bits per heavy atom. The van der Waals surface area contributed by atoms with Crippen LogP contribution in [-0.2, 0) is 0 Å². The first kappa shape index (κ1) is 10.4. The van der Waals surface area contributed by atoms with E-state index < -0.39 is 11.9 Å². The highest BCUT2D eigenvalue weighted by atomic mass is 35.5. The standard InChI is InChI=1S/C9H11ClFNO/c10-6-1-2-7(8(11)5-6)9(12)3-4-13/h1-2,5,9,13H,3-4,12H2. The third-order valence-electron chi connectivity index (χ3n) is 1.80. The first-order chi connectivity index (χ1) is 6.15. The predicted molar refractivity (Wildman–Crippen MR) is 50.0 cm³/mol. The molecule has 0 aliphatic carbocycles. The Labute approximate surface area is 81.1 Å². The van der Waals surface area contributed by atoms with E-state index in [1.165, 1.54) is 12.1 Å². The van der Waals surface area contributed by atoms with Crippen molar-refractivity contribution < 1.29 is 9.50 Å². The lowest BCUT2D eigenvalue weighted by Gasteiger charge is -2.11. The average molecular weight is 204 g/mol. The second kappa shape index (κ2) is 4.56. The molecule has 1 unspecified atom stereocenters. The summed E-state index contributed by atoms with van der Waals surface area (Å²) in [6, 6.07) is 3.87. The Balaban J connectivity index is 2.88. The van der Waals surface area contributed by atoms with Gasteiger partial charge in [0.2, 0.25) is 0 Å². The molecule has 2 nitrogen and oxygen atoms in total. The SMILES string of the molecule is NC(CCO)c1ccc(Cl)cc1F. The molecule has 4 heteroatoms. The van der Waals surface area contributed by atoms with E-state index in [1.54, 1.807) is 6.07 Å². The molecular formula is C9H11ClFNO. The molecule has 0 aromatic heterocycles. The summed E-state index contributed by atoms with van der Waals surface area (Å²) in [5.41, 5.74) is 6.00. The predicted octanol–water partition coefficient (Wildman–Crippen LogP) is 1.86. The van der Waals surface area contributed by atoms with Crippen LogP contribution in [0.4, 0.5) is 4.39 Å². The van der Waals surface area contributed by atoms with Gasteiger partial charge in [0.05, 0.1) is 0 Å². The van der Waals surface area contributed by atoms with Crippen molar-refractivity contribution >= 4 is 11.6 Å². The van der Waals surface area contributed by atoms with E-state index in [-0.39, 0.29) is 6.61 Å². The van der Waals surface area contributed by atoms with Crippen molar-refractivity contribution in [3.05, 3.63) is 34.6 Å². The van der Waals surface area contributed by atoms with E-state index >= 15 is 0 Å². The molecule has 0 bridgehead atoms. The highest BCUT2D eigenvalue weighted by Crippen LogP contribution is 2.20. The summed E-state index contributed by atoms with van der Waals surface area (Å²) < 4.78 is 13.2. The van der Waals surface area contributed by atoms with Gasteiger partial charge in [-0.1, -0.05) is 17.7 Å². The van der Waals surface area contributed by atoms with Crippen molar-refractivity contribution in [2.75, 3.05) is 6.61 Å². The third-order valence-corrected chi connectivity index (χ3v) is 2.04. The molecule has 3 N–H and O–H groups in total. The normalized spacial score (nSPS) is 12.9. The Kier molecular flexibility index (Phi) is 3.66. The fourth-order valence-corrected chi connectivity index (χ4v) is 1.26. The van der Waals surface area contributed by atoms with Crippen molar-refractivity contribution in [3.63, 3.8) is 0 Å². The second-order valence-electron chi connectivity index (χ2n) is 2.78. The molecule has 0 aliphatic rings. The Hall–Kier alpha value is -0.640. The number of hydrogen-bond acceptors (Lipinski definition) is 2. The van der Waals surface area contributed by atoms with E-state index in [2.05, 4.69) is 0 Å². The molecule has 1 rings (SSSR count). The summed E-state index contributed by atoms with van der Waals surface area (Å²) in [7, 11) is 0. The molecule has 0 heterocycles. The Morgan fingerprint density at radius 3 is 2.77 bits per heavy atom. The van der Waals surface area contributed by atoms with Gasteiger partial charge in [-0.3, -0.25) is 0 Å². The zero-order valence-electron chi connectivity index (χ0n) is 7.00. The minimum absolute atomic E-state index is 0.0523. The van der Waals surface area contributed by atoms with Gasteiger partial charge in [0.25, 0.3) is 0 Å². The quantitative estimate of drug-likeness (QED) is 0.788. The van der Waals surface area contributed by atoms with Crippen LogP contribution in [0, 0.1) is 5.82 Å². The van der Waals surface area contributed by atoms with E-state index in [0.29, 0.717) is 17.0 Å². The van der Waals surface area contributed by atoms with Gasteiger partial charge >= 0.3 is 0 Å². The summed E-state index contributed by atoms with van der Waals surface area (Å²) in [5.74, 6) is -0.423. The maximum absolute atomic E-state index is 13.2. The third kappa shape index (κ3) is 2.66. The zero-order valence-corrected chi connectivity index (χ0v) is 7.76. The number of benzene rings is 1. The highest BCUT2D eigenvalue weighted by Gasteiger charge is 2.10. The van der Waals surface area contributed by atoms with Gasteiger partial charge in [-0.05, 0) is 18.6 Å². The van der Waals surface area contributed by atoms with Crippen LogP contribution >= 0.6 is 11.6 Å². The molecule has 0 amide bonds. The lowest BCUT2D eigenvalue weighted by molar-refractivity contribution is 0.275. The number of nitrogens with two attached hydrogens (primary N) is 1. The Bertz CT molecular complexity index is 293. The van der Waals surface area contributed by atoms with E-state index in [1.807, 2.05) is 0 Å². The van der Waals surface area contributed by atoms with Crippen molar-refractivity contribution in [1.82, 2.24) is 0 Å². The van der Waals surface area contributed by atoms with Crippen LogP contribution in [0.3, 0.4) is 0 Å². The van der Waals surface area contributed by atoms with Gasteiger partial charge in [-0.15, -0.1) is 0 Å². The van der Waals surface area contributed by atoms with E-state index in [9.17, 15) is 4.39 Å². The fourth-order valence-electron chi connectivity index (χ4n) is 1.10. The van der Waals surface area contributed by atoms with Gasteiger partial charge < -0.3 is 10.8 Å². The van der Waals surface area contributed by atoms with Gasteiger partial charge in [-0.25, -0.2) is 4.39 Å². The molecule has 1 aromatic carbocycles. The van der Waals surface area contributed by atoms with Crippen LogP contribution in [0.1, 0.15) is 18.0 Å². The van der Waals surface area contributed by atoms with Gasteiger partial charge in [-0.2, -0.15) is 0 Å². The molecule has 1 atom stereocenters. The largest absolute Gasteiger partial charge is 0.396 e. The number of rotatable bonds is 3. The van der Waals surface area contributed by atoms with Gasteiger partial charge in [0, 0.05) is 23.2 Å². The van der Waals surface area contributed by atoms with E-state index in [0.717, 1.165) is 0 Å². The monoisotopic (exact) mass is 203 g/mol. The summed E-state index contributed by atoms with van der Waals surface area (Å²) in [5, 5.41) is 8.96. The zero-order chi connectivity index (χ0) is 9.84. The molecule has 72 valence electrons. The average Bonchev–Trinajstić information content (AvgIpc) is 2.04. The number of aliphatic hydroxyl groups is 1. The lowest BCUT2D eigenvalue weighted by Crippen LogP contribution is -2.13. The molecule has 1 aromatic rings. The number of halogens is 2. The molecule has 0 aliphatic heterocycles. The molecule has 0 fully saturated rings. The van der Waals surface area contributed by atoms with Crippen molar-refractivity contribution in [3.8, 4) is 0 Å². The van der Waals surface area contributed by atoms with Crippen LogP contribution in [0.2, 0.25) is 5.02 Å². The van der Waals surface area contributed by atoms with Crippen LogP contribution in [0.5, 0.6) is 0 Å². The maximum Gasteiger partial charge on any atom is 0.129 e. The van der Waals surface area contributed by atoms with Crippen molar-refractivity contribution in [2.45, 2.75) is 12.5 Å². The smallest absolute Gasteiger partial charge is 0.129 e. The Morgan fingerprint density at radius 2 is 2.23 bits per heavy atom. The van der Waals surface area contributed by atoms with Crippen molar-refractivity contribution in [2.24, 2.45) is 5.73 Å². The van der Waals surface area contributed by atoms with Gasteiger partial charge in [0.15, 0.2) is 0 Å². The highest BCUT2D eigenvalue weighted by molar-refractivity contribution is 6.30. The number of aliphatic hydroxyl groups excluding tert-OH is 1. The summed E-state index contributed by atoms with van der Waals surface area (Å²) in [6.07, 6.45) is 0.346. The number of hydrogen-bond donors (Lipinski definition) is 2. The molecule has 0 radical (unpaired) electrons. The molecule has 0 spiro atoms. The first-order valence-electron chi connectivity index (χ1n) is 3.96. The fraction of sp³-hybridized carbons (Fsp3) is 0.333. The maximum atomic E-state index is 13.2. The minimum atomic E-state index is -0.470. The topological polar surface area (TPSA) is 46.2 Å². The van der Waals surface area contributed by atoms with Crippen LogP contribution in [0.15, 0.2) is 18.2 Å². The molecule has 0 saturated carbocycles. The first-order valence-corrected chi connectivity index (χ1v) is 4.34. The van der Waals surface area contributed by atoms with Crippen LogP contribution in [0.25, 0.3) is 0 Å². The molecule has 0 saturated heterocycles. The van der Waals surface area contributed by atoms with Crippen molar-refractivity contribution in [1.29, 1.82) is 0 Å². The van der Waals surface area contributed by atoms with E-state index in [4.69, 9.17) is 22.4 Å². The van der Waals surface area contributed by atoms with Crippen LogP contribution < -0.4 is 5.73 Å². The summed E-state index contributed by atoms with van der Waals surface area (Å²) >= 11 is 5.57. The van der Waals surface area contributed by atoms with Gasteiger partial charge in [0.1, 0.15) is 5.82 Å². The molecular weight excluding hydrogens is 193 g/mol.